The SMILES string of the molecule is Cc1nc(N)sc1CCCN=C(N)NC(=O)NC[C@H](C)c1ccccc1. The number of rotatable bonds is 7. The Morgan fingerprint density at radius 3 is 2.73 bits per heavy atom. The van der Waals surface area contributed by atoms with E-state index in [2.05, 4.69) is 27.5 Å². The van der Waals surface area contributed by atoms with E-state index in [1.807, 2.05) is 37.3 Å². The summed E-state index contributed by atoms with van der Waals surface area (Å²) in [6.45, 7) is 5.06. The third-order valence-corrected chi connectivity index (χ3v) is 4.98. The first kappa shape index (κ1) is 19.7. The van der Waals surface area contributed by atoms with Crippen LogP contribution in [0.1, 0.15) is 35.4 Å². The molecular formula is C18H26N6OS. The summed E-state index contributed by atoms with van der Waals surface area (Å²) in [6, 6.07) is 9.67. The van der Waals surface area contributed by atoms with Crippen LogP contribution in [0.5, 0.6) is 0 Å². The summed E-state index contributed by atoms with van der Waals surface area (Å²) in [5.74, 6) is 0.339. The second-order valence-electron chi connectivity index (χ2n) is 6.08. The van der Waals surface area contributed by atoms with Crippen molar-refractivity contribution < 1.29 is 4.79 Å². The van der Waals surface area contributed by atoms with E-state index in [0.717, 1.165) is 23.4 Å². The van der Waals surface area contributed by atoms with Gasteiger partial charge in [0, 0.05) is 18.0 Å². The van der Waals surface area contributed by atoms with Gasteiger partial charge in [0.25, 0.3) is 0 Å². The number of guanidine groups is 1. The third-order valence-electron chi connectivity index (χ3n) is 3.93. The molecule has 6 N–H and O–H groups in total. The van der Waals surface area contributed by atoms with E-state index in [-0.39, 0.29) is 17.9 Å². The topological polar surface area (TPSA) is 118 Å². The van der Waals surface area contributed by atoms with Gasteiger partial charge in [-0.3, -0.25) is 10.3 Å². The number of carbonyl (C=O) groups excluding carboxylic acids is 1. The highest BCUT2D eigenvalue weighted by molar-refractivity contribution is 7.15. The van der Waals surface area contributed by atoms with Gasteiger partial charge >= 0.3 is 6.03 Å². The van der Waals surface area contributed by atoms with Gasteiger partial charge < -0.3 is 16.8 Å². The van der Waals surface area contributed by atoms with Gasteiger partial charge in [0.15, 0.2) is 11.1 Å². The Labute approximate surface area is 157 Å². The maximum Gasteiger partial charge on any atom is 0.321 e. The molecule has 8 heteroatoms. The second kappa shape index (κ2) is 9.76. The zero-order chi connectivity index (χ0) is 18.9. The van der Waals surface area contributed by atoms with Crippen LogP contribution in [0.3, 0.4) is 0 Å². The van der Waals surface area contributed by atoms with Gasteiger partial charge in [-0.05, 0) is 31.2 Å². The average molecular weight is 375 g/mol. The highest BCUT2D eigenvalue weighted by atomic mass is 32.1. The molecular weight excluding hydrogens is 348 g/mol. The Bertz CT molecular complexity index is 743. The first-order valence-electron chi connectivity index (χ1n) is 8.57. The van der Waals surface area contributed by atoms with Crippen LogP contribution in [0.4, 0.5) is 9.93 Å². The van der Waals surface area contributed by atoms with Crippen molar-refractivity contribution >= 4 is 28.5 Å². The first-order chi connectivity index (χ1) is 12.5. The predicted octanol–water partition coefficient (Wildman–Crippen LogP) is 2.38. The molecule has 0 aliphatic heterocycles. The minimum absolute atomic E-state index is 0.121. The fraction of sp³-hybridized carbons (Fsp3) is 0.389. The summed E-state index contributed by atoms with van der Waals surface area (Å²) >= 11 is 1.50. The lowest BCUT2D eigenvalue weighted by atomic mass is 10.0. The molecule has 7 nitrogen and oxygen atoms in total. The fourth-order valence-corrected chi connectivity index (χ4v) is 3.34. The molecule has 2 aromatic rings. The molecule has 0 aliphatic rings. The number of nitrogens with zero attached hydrogens (tertiary/aromatic N) is 2. The van der Waals surface area contributed by atoms with E-state index in [0.29, 0.717) is 18.2 Å². The van der Waals surface area contributed by atoms with E-state index in [1.54, 1.807) is 0 Å². The number of hydrogen-bond donors (Lipinski definition) is 4. The number of nitrogen functional groups attached to an aromatic ring is 1. The molecule has 0 bridgehead atoms. The average Bonchev–Trinajstić information content (AvgIpc) is 2.94. The predicted molar refractivity (Wildman–Crippen MR) is 107 cm³/mol. The zero-order valence-electron chi connectivity index (χ0n) is 15.2. The largest absolute Gasteiger partial charge is 0.375 e. The molecule has 0 saturated carbocycles. The number of thiazole rings is 1. The minimum Gasteiger partial charge on any atom is -0.375 e. The lowest BCUT2D eigenvalue weighted by molar-refractivity contribution is 0.244. The van der Waals surface area contributed by atoms with Crippen LogP contribution < -0.4 is 22.1 Å². The summed E-state index contributed by atoms with van der Waals surface area (Å²) in [5.41, 5.74) is 13.6. The Morgan fingerprint density at radius 2 is 2.08 bits per heavy atom. The summed E-state index contributed by atoms with van der Waals surface area (Å²) in [6.07, 6.45) is 1.66. The summed E-state index contributed by atoms with van der Waals surface area (Å²) in [4.78, 5) is 21.4. The number of anilines is 1. The van der Waals surface area contributed by atoms with Crippen molar-refractivity contribution in [1.29, 1.82) is 0 Å². The smallest absolute Gasteiger partial charge is 0.321 e. The molecule has 2 amide bonds. The monoisotopic (exact) mass is 374 g/mol. The van der Waals surface area contributed by atoms with Crippen LogP contribution in [0, 0.1) is 6.92 Å². The van der Waals surface area contributed by atoms with Crippen molar-refractivity contribution in [3.63, 3.8) is 0 Å². The molecule has 0 saturated heterocycles. The van der Waals surface area contributed by atoms with E-state index < -0.39 is 0 Å². The number of aryl methyl sites for hydroxylation is 2. The summed E-state index contributed by atoms with van der Waals surface area (Å²) in [5, 5.41) is 5.94. The standard InChI is InChI=1S/C18H26N6OS/c1-12(14-7-4-3-5-8-14)11-22-18(25)24-16(19)21-10-6-9-15-13(2)23-17(20)26-15/h3-5,7-8,12H,6,9-11H2,1-2H3,(H2,20,23)(H4,19,21,22,24,25)/t12-/m0/s1. The maximum atomic E-state index is 11.9. The summed E-state index contributed by atoms with van der Waals surface area (Å²) in [7, 11) is 0. The normalized spacial score (nSPS) is 12.6. The van der Waals surface area contributed by atoms with Crippen molar-refractivity contribution in [2.24, 2.45) is 10.7 Å². The van der Waals surface area contributed by atoms with Gasteiger partial charge in [-0.15, -0.1) is 11.3 Å². The molecule has 0 spiro atoms. The van der Waals surface area contributed by atoms with Gasteiger partial charge in [-0.2, -0.15) is 0 Å². The van der Waals surface area contributed by atoms with Crippen molar-refractivity contribution in [1.82, 2.24) is 15.6 Å². The number of carbonyl (C=O) groups is 1. The fourth-order valence-electron chi connectivity index (χ4n) is 2.47. The van der Waals surface area contributed by atoms with E-state index >= 15 is 0 Å². The molecule has 0 radical (unpaired) electrons. The van der Waals surface area contributed by atoms with Crippen molar-refractivity contribution in [2.75, 3.05) is 18.8 Å². The molecule has 1 atom stereocenters. The summed E-state index contributed by atoms with van der Waals surface area (Å²) < 4.78 is 0. The van der Waals surface area contributed by atoms with Crippen LogP contribution in [0.25, 0.3) is 0 Å². The maximum absolute atomic E-state index is 11.9. The number of benzene rings is 1. The van der Waals surface area contributed by atoms with E-state index in [4.69, 9.17) is 11.5 Å². The molecule has 1 aromatic carbocycles. The minimum atomic E-state index is -0.347. The third kappa shape index (κ3) is 6.36. The van der Waals surface area contributed by atoms with Gasteiger partial charge in [0.2, 0.25) is 0 Å². The lowest BCUT2D eigenvalue weighted by Gasteiger charge is -2.13. The molecule has 26 heavy (non-hydrogen) atoms. The van der Waals surface area contributed by atoms with Gasteiger partial charge in [-0.1, -0.05) is 37.3 Å². The second-order valence-corrected chi connectivity index (χ2v) is 7.19. The Balaban J connectivity index is 1.67. The van der Waals surface area contributed by atoms with E-state index in [9.17, 15) is 4.79 Å². The molecule has 1 heterocycles. The number of aliphatic imine (C=N–C) groups is 1. The van der Waals surface area contributed by atoms with E-state index in [1.165, 1.54) is 16.9 Å². The van der Waals surface area contributed by atoms with Crippen molar-refractivity contribution in [3.8, 4) is 0 Å². The van der Waals surface area contributed by atoms with Crippen LogP contribution in [-0.2, 0) is 6.42 Å². The van der Waals surface area contributed by atoms with Gasteiger partial charge in [0.05, 0.1) is 5.69 Å². The number of amides is 2. The number of urea groups is 1. The molecule has 2 rings (SSSR count). The van der Waals surface area contributed by atoms with Crippen LogP contribution in [0.2, 0.25) is 0 Å². The number of hydrogen-bond acceptors (Lipinski definition) is 5. The lowest BCUT2D eigenvalue weighted by Crippen LogP contribution is -2.44. The first-order valence-corrected chi connectivity index (χ1v) is 9.39. The Hall–Kier alpha value is -2.61. The molecule has 0 unspecified atom stereocenters. The zero-order valence-corrected chi connectivity index (χ0v) is 16.0. The van der Waals surface area contributed by atoms with Crippen molar-refractivity contribution in [3.05, 3.63) is 46.5 Å². The van der Waals surface area contributed by atoms with Crippen LogP contribution in [0.15, 0.2) is 35.3 Å². The number of nitrogens with one attached hydrogen (secondary N) is 2. The molecule has 0 fully saturated rings. The number of nitrogens with two attached hydrogens (primary N) is 2. The quantitative estimate of drug-likeness (QED) is 0.338. The molecule has 1 aromatic heterocycles. The van der Waals surface area contributed by atoms with Crippen LogP contribution in [-0.4, -0.2) is 30.1 Å². The van der Waals surface area contributed by atoms with Crippen molar-refractivity contribution in [2.45, 2.75) is 32.6 Å². The molecule has 140 valence electrons. The highest BCUT2D eigenvalue weighted by Gasteiger charge is 2.08. The van der Waals surface area contributed by atoms with Gasteiger partial charge in [0.1, 0.15) is 0 Å². The Morgan fingerprint density at radius 1 is 1.35 bits per heavy atom. The Kier molecular flexibility index (Phi) is 7.40. The molecule has 0 aliphatic carbocycles. The number of aromatic nitrogens is 1. The highest BCUT2D eigenvalue weighted by Crippen LogP contribution is 2.20. The van der Waals surface area contributed by atoms with Gasteiger partial charge in [-0.25, -0.2) is 9.78 Å². The van der Waals surface area contributed by atoms with Crippen LogP contribution >= 0.6 is 11.3 Å².